The van der Waals surface area contributed by atoms with Gasteiger partial charge in [0.25, 0.3) is 0 Å². The monoisotopic (exact) mass is 788 g/mol. The molecule has 0 aliphatic heterocycles. The Kier molecular flexibility index (Phi) is 8.53. The molecule has 2 heteroatoms. The second kappa shape index (κ2) is 14.8. The van der Waals surface area contributed by atoms with E-state index < -0.39 is 0 Å². The molecule has 1 aromatic heterocycles. The van der Waals surface area contributed by atoms with Gasteiger partial charge >= 0.3 is 0 Å². The summed E-state index contributed by atoms with van der Waals surface area (Å²) in [5.41, 5.74) is 14.1. The van der Waals surface area contributed by atoms with Crippen LogP contribution in [0.5, 0.6) is 0 Å². The standard InChI is InChI=1S/C60H40N2/c1-2-13-41(14-3-1)46-17-12-18-51(39-46)61(49-36-29-45(30-37-49)58-40-47-16-5-6-19-52(47)54-21-8-9-22-55(54)58)48-32-25-42(26-33-48)43-27-34-50(35-28-43)62-59-24-11-10-23-56(59)57-38-31-44-15-4-7-20-53(44)60(57)62/h1-40H. The van der Waals surface area contributed by atoms with Crippen LogP contribution in [0.15, 0.2) is 243 Å². The topological polar surface area (TPSA) is 8.17 Å². The van der Waals surface area contributed by atoms with Gasteiger partial charge in [-0.15, -0.1) is 0 Å². The normalized spacial score (nSPS) is 11.5. The summed E-state index contributed by atoms with van der Waals surface area (Å²) in [6.07, 6.45) is 0. The number of aromatic nitrogens is 1. The molecular formula is C60H40N2. The summed E-state index contributed by atoms with van der Waals surface area (Å²) in [6, 6.07) is 88.4. The fourth-order valence-corrected chi connectivity index (χ4v) is 9.59. The summed E-state index contributed by atoms with van der Waals surface area (Å²) >= 11 is 0. The zero-order valence-corrected chi connectivity index (χ0v) is 34.0. The first-order valence-electron chi connectivity index (χ1n) is 21.3. The Labute approximate surface area is 360 Å². The zero-order valence-electron chi connectivity index (χ0n) is 34.0. The lowest BCUT2D eigenvalue weighted by Crippen LogP contribution is -2.10. The SMILES string of the molecule is c1ccc(-c2cccc(N(c3ccc(-c4ccc(-n5c6ccccc6c6ccc7ccccc7c65)cc4)cc3)c3ccc(-c4cc5ccccc5c5ccccc45)cc3)c2)cc1. The predicted molar refractivity (Wildman–Crippen MR) is 264 cm³/mol. The molecule has 11 aromatic carbocycles. The molecule has 0 amide bonds. The minimum atomic E-state index is 1.09. The number of para-hydroxylation sites is 1. The molecular weight excluding hydrogens is 749 g/mol. The fourth-order valence-electron chi connectivity index (χ4n) is 9.59. The summed E-state index contributed by atoms with van der Waals surface area (Å²) in [7, 11) is 0. The van der Waals surface area contributed by atoms with E-state index in [4.69, 9.17) is 0 Å². The third-order valence-electron chi connectivity index (χ3n) is 12.6. The molecule has 62 heavy (non-hydrogen) atoms. The molecule has 0 aliphatic rings. The number of hydrogen-bond donors (Lipinski definition) is 0. The lowest BCUT2D eigenvalue weighted by atomic mass is 9.93. The highest BCUT2D eigenvalue weighted by molar-refractivity contribution is 6.18. The van der Waals surface area contributed by atoms with Gasteiger partial charge in [0.1, 0.15) is 0 Å². The largest absolute Gasteiger partial charge is 0.310 e. The molecule has 0 aliphatic carbocycles. The van der Waals surface area contributed by atoms with Crippen molar-refractivity contribution in [1.29, 1.82) is 0 Å². The molecule has 0 N–H and O–H groups in total. The van der Waals surface area contributed by atoms with E-state index in [-0.39, 0.29) is 0 Å². The molecule has 12 rings (SSSR count). The minimum absolute atomic E-state index is 1.09. The number of hydrogen-bond acceptors (Lipinski definition) is 1. The highest BCUT2D eigenvalue weighted by Crippen LogP contribution is 2.41. The van der Waals surface area contributed by atoms with Crippen molar-refractivity contribution in [3.05, 3.63) is 243 Å². The second-order valence-corrected chi connectivity index (χ2v) is 16.1. The average molecular weight is 789 g/mol. The van der Waals surface area contributed by atoms with E-state index in [0.717, 1.165) is 22.7 Å². The summed E-state index contributed by atoms with van der Waals surface area (Å²) in [5, 5.41) is 10.1. The van der Waals surface area contributed by atoms with Crippen molar-refractivity contribution in [1.82, 2.24) is 4.57 Å². The van der Waals surface area contributed by atoms with Crippen molar-refractivity contribution >= 4 is 71.2 Å². The fraction of sp³-hybridized carbons (Fsp3) is 0. The maximum atomic E-state index is 2.43. The van der Waals surface area contributed by atoms with Gasteiger partial charge in [-0.2, -0.15) is 0 Å². The van der Waals surface area contributed by atoms with Crippen molar-refractivity contribution in [3.8, 4) is 39.1 Å². The van der Waals surface area contributed by atoms with E-state index in [1.54, 1.807) is 0 Å². The Hall–Kier alpha value is -8.20. The molecule has 0 unspecified atom stereocenters. The molecule has 0 bridgehead atoms. The van der Waals surface area contributed by atoms with Crippen LogP contribution in [-0.2, 0) is 0 Å². The Balaban J connectivity index is 0.926. The van der Waals surface area contributed by atoms with Gasteiger partial charge in [-0.1, -0.05) is 182 Å². The Morgan fingerprint density at radius 2 is 0.823 bits per heavy atom. The van der Waals surface area contributed by atoms with Crippen LogP contribution >= 0.6 is 0 Å². The molecule has 0 spiro atoms. The first-order valence-corrected chi connectivity index (χ1v) is 21.3. The molecule has 2 nitrogen and oxygen atoms in total. The second-order valence-electron chi connectivity index (χ2n) is 16.1. The van der Waals surface area contributed by atoms with Crippen LogP contribution in [0.1, 0.15) is 0 Å². The highest BCUT2D eigenvalue weighted by atomic mass is 15.1. The molecule has 0 atom stereocenters. The van der Waals surface area contributed by atoms with E-state index in [2.05, 4.69) is 252 Å². The summed E-state index contributed by atoms with van der Waals surface area (Å²) in [4.78, 5) is 2.37. The first-order chi connectivity index (χ1) is 30.7. The lowest BCUT2D eigenvalue weighted by Gasteiger charge is -2.26. The lowest BCUT2D eigenvalue weighted by molar-refractivity contribution is 1.19. The molecule has 0 fully saturated rings. The van der Waals surface area contributed by atoms with Gasteiger partial charge < -0.3 is 9.47 Å². The van der Waals surface area contributed by atoms with Crippen LogP contribution in [-0.4, -0.2) is 4.57 Å². The maximum Gasteiger partial charge on any atom is 0.0619 e. The van der Waals surface area contributed by atoms with Crippen LogP contribution in [0.4, 0.5) is 17.1 Å². The van der Waals surface area contributed by atoms with Crippen molar-refractivity contribution in [2.24, 2.45) is 0 Å². The van der Waals surface area contributed by atoms with Crippen LogP contribution in [0.3, 0.4) is 0 Å². The van der Waals surface area contributed by atoms with Gasteiger partial charge in [0.15, 0.2) is 0 Å². The number of benzene rings is 11. The maximum absolute atomic E-state index is 2.43. The average Bonchev–Trinajstić information content (AvgIpc) is 3.70. The molecule has 1 heterocycles. The quantitative estimate of drug-likeness (QED) is 0.146. The molecule has 290 valence electrons. The van der Waals surface area contributed by atoms with Crippen molar-refractivity contribution < 1.29 is 0 Å². The Morgan fingerprint density at radius 3 is 1.56 bits per heavy atom. The van der Waals surface area contributed by atoms with E-state index >= 15 is 0 Å². The van der Waals surface area contributed by atoms with Crippen LogP contribution in [0, 0.1) is 0 Å². The van der Waals surface area contributed by atoms with Crippen LogP contribution < -0.4 is 4.90 Å². The van der Waals surface area contributed by atoms with E-state index in [9.17, 15) is 0 Å². The third kappa shape index (κ3) is 6.04. The van der Waals surface area contributed by atoms with E-state index in [1.807, 2.05) is 0 Å². The van der Waals surface area contributed by atoms with E-state index in [1.165, 1.54) is 87.5 Å². The molecule has 12 aromatic rings. The highest BCUT2D eigenvalue weighted by Gasteiger charge is 2.17. The van der Waals surface area contributed by atoms with Gasteiger partial charge in [0, 0.05) is 38.9 Å². The van der Waals surface area contributed by atoms with E-state index in [0.29, 0.717) is 0 Å². The molecule has 0 radical (unpaired) electrons. The Morgan fingerprint density at radius 1 is 0.274 bits per heavy atom. The van der Waals surface area contributed by atoms with Crippen molar-refractivity contribution in [3.63, 3.8) is 0 Å². The number of rotatable bonds is 7. The summed E-state index contributed by atoms with van der Waals surface area (Å²) < 4.78 is 2.43. The van der Waals surface area contributed by atoms with Gasteiger partial charge in [-0.3, -0.25) is 0 Å². The predicted octanol–water partition coefficient (Wildman–Crippen LogP) is 16.7. The Bertz CT molecular complexity index is 3600. The number of fused-ring (bicyclic) bond motifs is 8. The first kappa shape index (κ1) is 35.7. The van der Waals surface area contributed by atoms with Gasteiger partial charge in [0.2, 0.25) is 0 Å². The number of anilines is 3. The van der Waals surface area contributed by atoms with Gasteiger partial charge in [-0.25, -0.2) is 0 Å². The summed E-state index contributed by atoms with van der Waals surface area (Å²) in [5.74, 6) is 0. The molecule has 0 saturated carbocycles. The van der Waals surface area contributed by atoms with Crippen molar-refractivity contribution in [2.45, 2.75) is 0 Å². The smallest absolute Gasteiger partial charge is 0.0619 e. The third-order valence-corrected chi connectivity index (χ3v) is 12.6. The van der Waals surface area contributed by atoms with Crippen LogP contribution in [0.25, 0.3) is 93.2 Å². The van der Waals surface area contributed by atoms with Gasteiger partial charge in [0.05, 0.1) is 11.0 Å². The summed E-state index contributed by atoms with van der Waals surface area (Å²) in [6.45, 7) is 0. The molecule has 0 saturated heterocycles. The van der Waals surface area contributed by atoms with Crippen LogP contribution in [0.2, 0.25) is 0 Å². The van der Waals surface area contributed by atoms with Gasteiger partial charge in [-0.05, 0) is 121 Å². The zero-order chi connectivity index (χ0) is 41.0. The minimum Gasteiger partial charge on any atom is -0.310 e. The van der Waals surface area contributed by atoms with Crippen molar-refractivity contribution in [2.75, 3.05) is 4.90 Å². The number of nitrogens with zero attached hydrogens (tertiary/aromatic N) is 2.